The number of nitrogens with one attached hydrogen (secondary N) is 1. The quantitative estimate of drug-likeness (QED) is 0.659. The summed E-state index contributed by atoms with van der Waals surface area (Å²) in [6.07, 6.45) is 0. The van der Waals surface area contributed by atoms with Crippen LogP contribution >= 0.6 is 34.7 Å². The lowest BCUT2D eigenvalue weighted by Crippen LogP contribution is -2.13. The molecule has 0 atom stereocenters. The second-order valence-corrected chi connectivity index (χ2v) is 6.76. The highest BCUT2D eigenvalue weighted by Crippen LogP contribution is 2.24. The van der Waals surface area contributed by atoms with E-state index in [4.69, 9.17) is 11.6 Å². The molecular weight excluding hydrogens is 328 g/mol. The number of hydrogen-bond acceptors (Lipinski definition) is 5. The first kappa shape index (κ1) is 16.0. The lowest BCUT2D eigenvalue weighted by Gasteiger charge is -2.02. The molecular formula is C14H13ClN2O2S2. The second-order valence-electron chi connectivity index (χ2n) is 4.28. The van der Waals surface area contributed by atoms with E-state index in [2.05, 4.69) is 10.3 Å². The maximum atomic E-state index is 11.9. The number of Topliss-reactive ketones (excluding diaryl/α,β-unsaturated/α-hetero) is 1. The Bertz CT molecular complexity index is 668. The number of carbonyl (C=O) groups excluding carboxylic acids is 2. The number of thiazole rings is 1. The fourth-order valence-corrected chi connectivity index (χ4v) is 3.31. The van der Waals surface area contributed by atoms with Crippen molar-refractivity contribution in [2.45, 2.75) is 18.7 Å². The first-order valence-electron chi connectivity index (χ1n) is 6.12. The van der Waals surface area contributed by atoms with Crippen molar-refractivity contribution in [3.05, 3.63) is 39.9 Å². The lowest BCUT2D eigenvalue weighted by molar-refractivity contribution is -0.113. The number of aryl methyl sites for hydroxylation is 1. The second kappa shape index (κ2) is 7.06. The molecule has 0 saturated carbocycles. The highest BCUT2D eigenvalue weighted by Gasteiger charge is 2.13. The van der Waals surface area contributed by atoms with Crippen molar-refractivity contribution in [1.29, 1.82) is 0 Å². The van der Waals surface area contributed by atoms with E-state index in [9.17, 15) is 9.59 Å². The summed E-state index contributed by atoms with van der Waals surface area (Å²) in [6, 6.07) is 7.29. The van der Waals surface area contributed by atoms with E-state index in [1.165, 1.54) is 30.0 Å². The molecule has 0 unspecified atom stereocenters. The molecule has 110 valence electrons. The summed E-state index contributed by atoms with van der Waals surface area (Å²) < 4.78 is 0. The Labute approximate surface area is 135 Å². The SMILES string of the molecule is CC(=O)c1sc(NC(=O)CSc2ccc(Cl)cc2)nc1C. The van der Waals surface area contributed by atoms with Gasteiger partial charge in [-0.25, -0.2) is 4.98 Å². The van der Waals surface area contributed by atoms with E-state index >= 15 is 0 Å². The molecule has 0 aliphatic heterocycles. The Morgan fingerprint density at radius 2 is 2.00 bits per heavy atom. The number of nitrogens with zero attached hydrogens (tertiary/aromatic N) is 1. The number of carbonyl (C=O) groups is 2. The van der Waals surface area contributed by atoms with Gasteiger partial charge in [0.05, 0.1) is 16.3 Å². The molecule has 7 heteroatoms. The van der Waals surface area contributed by atoms with Crippen LogP contribution < -0.4 is 5.32 Å². The smallest absolute Gasteiger partial charge is 0.236 e. The topological polar surface area (TPSA) is 59.1 Å². The molecule has 1 aromatic heterocycles. The predicted molar refractivity (Wildman–Crippen MR) is 87.7 cm³/mol. The number of rotatable bonds is 5. The number of anilines is 1. The van der Waals surface area contributed by atoms with Gasteiger partial charge in [-0.05, 0) is 31.2 Å². The van der Waals surface area contributed by atoms with Crippen LogP contribution in [0.2, 0.25) is 5.02 Å². The van der Waals surface area contributed by atoms with Gasteiger partial charge >= 0.3 is 0 Å². The largest absolute Gasteiger partial charge is 0.301 e. The van der Waals surface area contributed by atoms with Crippen LogP contribution in [0.3, 0.4) is 0 Å². The number of ketones is 1. The van der Waals surface area contributed by atoms with Crippen molar-refractivity contribution in [3.8, 4) is 0 Å². The van der Waals surface area contributed by atoms with E-state index in [0.29, 0.717) is 20.7 Å². The normalized spacial score (nSPS) is 10.4. The fraction of sp³-hybridized carbons (Fsp3) is 0.214. The van der Waals surface area contributed by atoms with Crippen molar-refractivity contribution in [3.63, 3.8) is 0 Å². The summed E-state index contributed by atoms with van der Waals surface area (Å²) in [6.45, 7) is 3.24. The van der Waals surface area contributed by atoms with E-state index in [-0.39, 0.29) is 17.4 Å². The number of thioether (sulfide) groups is 1. The number of amides is 1. The molecule has 2 rings (SSSR count). The molecule has 0 saturated heterocycles. The predicted octanol–water partition coefficient (Wildman–Crippen LogP) is 4.04. The molecule has 0 spiro atoms. The van der Waals surface area contributed by atoms with Crippen LogP contribution in [-0.4, -0.2) is 22.4 Å². The zero-order chi connectivity index (χ0) is 15.4. The summed E-state index contributed by atoms with van der Waals surface area (Å²) in [5, 5.41) is 3.83. The third-order valence-corrected chi connectivity index (χ3v) is 4.98. The third kappa shape index (κ3) is 4.56. The van der Waals surface area contributed by atoms with Crippen LogP contribution in [0.15, 0.2) is 29.2 Å². The lowest BCUT2D eigenvalue weighted by atomic mass is 10.3. The van der Waals surface area contributed by atoms with Crippen LogP contribution in [0.4, 0.5) is 5.13 Å². The van der Waals surface area contributed by atoms with Crippen molar-refractivity contribution in [1.82, 2.24) is 4.98 Å². The molecule has 4 nitrogen and oxygen atoms in total. The van der Waals surface area contributed by atoms with Gasteiger partial charge in [-0.3, -0.25) is 9.59 Å². The minimum absolute atomic E-state index is 0.0407. The van der Waals surface area contributed by atoms with Gasteiger partial charge in [0, 0.05) is 16.8 Å². The Kier molecular flexibility index (Phi) is 5.39. The average Bonchev–Trinajstić information content (AvgIpc) is 2.79. The molecule has 0 bridgehead atoms. The van der Waals surface area contributed by atoms with Gasteiger partial charge in [0.2, 0.25) is 5.91 Å². The molecule has 0 aliphatic rings. The highest BCUT2D eigenvalue weighted by atomic mass is 35.5. The van der Waals surface area contributed by atoms with Crippen molar-refractivity contribution < 1.29 is 9.59 Å². The summed E-state index contributed by atoms with van der Waals surface area (Å²) >= 11 is 8.41. The summed E-state index contributed by atoms with van der Waals surface area (Å²) in [5.41, 5.74) is 0.646. The fourth-order valence-electron chi connectivity index (χ4n) is 1.61. The number of benzene rings is 1. The van der Waals surface area contributed by atoms with Gasteiger partial charge in [0.25, 0.3) is 0 Å². The maximum absolute atomic E-state index is 11.9. The Morgan fingerprint density at radius 3 is 2.57 bits per heavy atom. The van der Waals surface area contributed by atoms with Gasteiger partial charge in [0.1, 0.15) is 0 Å². The number of hydrogen-bond donors (Lipinski definition) is 1. The molecule has 2 aromatic rings. The minimum Gasteiger partial charge on any atom is -0.301 e. The number of aromatic nitrogens is 1. The Morgan fingerprint density at radius 1 is 1.33 bits per heavy atom. The highest BCUT2D eigenvalue weighted by molar-refractivity contribution is 8.00. The van der Waals surface area contributed by atoms with Crippen LogP contribution in [0.1, 0.15) is 22.3 Å². The third-order valence-electron chi connectivity index (χ3n) is 2.55. The molecule has 1 heterocycles. The monoisotopic (exact) mass is 340 g/mol. The zero-order valence-corrected chi connectivity index (χ0v) is 13.9. The number of halogens is 1. The molecule has 0 fully saturated rings. The maximum Gasteiger partial charge on any atom is 0.236 e. The van der Waals surface area contributed by atoms with Crippen LogP contribution in [0.5, 0.6) is 0 Å². The van der Waals surface area contributed by atoms with Crippen molar-refractivity contribution >= 4 is 51.5 Å². The van der Waals surface area contributed by atoms with E-state index in [1.807, 2.05) is 12.1 Å². The van der Waals surface area contributed by atoms with Gasteiger partial charge in [-0.15, -0.1) is 11.8 Å². The molecule has 1 amide bonds. The standard InChI is InChI=1S/C14H13ClN2O2S2/c1-8-13(9(2)18)21-14(16-8)17-12(19)7-20-11-5-3-10(15)4-6-11/h3-6H,7H2,1-2H3,(H,16,17,19). The minimum atomic E-state index is -0.154. The molecule has 0 aliphatic carbocycles. The van der Waals surface area contributed by atoms with Gasteiger partial charge < -0.3 is 5.32 Å². The first-order chi connectivity index (χ1) is 9.95. The molecule has 1 N–H and O–H groups in total. The first-order valence-corrected chi connectivity index (χ1v) is 8.30. The molecule has 0 radical (unpaired) electrons. The Balaban J connectivity index is 1.91. The van der Waals surface area contributed by atoms with Crippen molar-refractivity contribution in [2.75, 3.05) is 11.1 Å². The van der Waals surface area contributed by atoms with Crippen molar-refractivity contribution in [2.24, 2.45) is 0 Å². The summed E-state index contributed by atoms with van der Waals surface area (Å²) in [4.78, 5) is 28.9. The Hall–Kier alpha value is -1.37. The summed E-state index contributed by atoms with van der Waals surface area (Å²) in [5.74, 6) is 0.0789. The van der Waals surface area contributed by atoms with Gasteiger partial charge in [-0.2, -0.15) is 0 Å². The van der Waals surface area contributed by atoms with E-state index in [1.54, 1.807) is 19.1 Å². The van der Waals surface area contributed by atoms with Crippen LogP contribution in [-0.2, 0) is 4.79 Å². The zero-order valence-electron chi connectivity index (χ0n) is 11.5. The molecule has 1 aromatic carbocycles. The summed E-state index contributed by atoms with van der Waals surface area (Å²) in [7, 11) is 0. The average molecular weight is 341 g/mol. The van der Waals surface area contributed by atoms with Gasteiger partial charge in [-0.1, -0.05) is 22.9 Å². The van der Waals surface area contributed by atoms with E-state index < -0.39 is 0 Å². The van der Waals surface area contributed by atoms with E-state index in [0.717, 1.165) is 4.90 Å². The molecule has 21 heavy (non-hydrogen) atoms. The van der Waals surface area contributed by atoms with Crippen LogP contribution in [0, 0.1) is 6.92 Å². The van der Waals surface area contributed by atoms with Crippen LogP contribution in [0.25, 0.3) is 0 Å². The van der Waals surface area contributed by atoms with Gasteiger partial charge in [0.15, 0.2) is 10.9 Å².